The third-order valence-corrected chi connectivity index (χ3v) is 2.22. The first-order valence-corrected chi connectivity index (χ1v) is 5.80. The number of hydrogen-bond donors (Lipinski definition) is 2. The van der Waals surface area contributed by atoms with Gasteiger partial charge < -0.3 is 10.6 Å². The maximum absolute atomic E-state index is 12.5. The summed E-state index contributed by atoms with van der Waals surface area (Å²) >= 11 is 0. The SMILES string of the molecule is CC(C)NC(=O)CCNCc1nccn1C(F)F. The minimum atomic E-state index is -2.59. The highest BCUT2D eigenvalue weighted by Gasteiger charge is 2.10. The van der Waals surface area contributed by atoms with Crippen LogP contribution in [-0.2, 0) is 11.3 Å². The Morgan fingerprint density at radius 3 is 2.83 bits per heavy atom. The Hall–Kier alpha value is -1.50. The Kier molecular flexibility index (Phi) is 5.70. The lowest BCUT2D eigenvalue weighted by molar-refractivity contribution is -0.121. The molecule has 0 spiro atoms. The lowest BCUT2D eigenvalue weighted by Gasteiger charge is -2.09. The van der Waals surface area contributed by atoms with Crippen LogP contribution in [0.2, 0.25) is 0 Å². The fraction of sp³-hybridized carbons (Fsp3) is 0.636. The maximum Gasteiger partial charge on any atom is 0.319 e. The van der Waals surface area contributed by atoms with Crippen molar-refractivity contribution >= 4 is 5.91 Å². The van der Waals surface area contributed by atoms with Gasteiger partial charge in [-0.15, -0.1) is 0 Å². The fourth-order valence-electron chi connectivity index (χ4n) is 1.45. The van der Waals surface area contributed by atoms with Gasteiger partial charge in [0, 0.05) is 31.4 Å². The Morgan fingerprint density at radius 2 is 2.22 bits per heavy atom. The summed E-state index contributed by atoms with van der Waals surface area (Å²) in [6.07, 6.45) is 2.87. The average molecular weight is 260 g/mol. The molecule has 0 aliphatic rings. The summed E-state index contributed by atoms with van der Waals surface area (Å²) in [6, 6.07) is 0.107. The van der Waals surface area contributed by atoms with Crippen molar-refractivity contribution in [1.82, 2.24) is 20.2 Å². The number of carbonyl (C=O) groups excluding carboxylic acids is 1. The molecule has 0 aliphatic carbocycles. The molecule has 0 aliphatic heterocycles. The van der Waals surface area contributed by atoms with Gasteiger partial charge in [-0.25, -0.2) is 4.98 Å². The Morgan fingerprint density at radius 1 is 1.50 bits per heavy atom. The number of aromatic nitrogens is 2. The van der Waals surface area contributed by atoms with Gasteiger partial charge in [0.05, 0.1) is 6.54 Å². The van der Waals surface area contributed by atoms with Crippen molar-refractivity contribution < 1.29 is 13.6 Å². The molecule has 1 amide bonds. The van der Waals surface area contributed by atoms with E-state index in [1.807, 2.05) is 13.8 Å². The van der Waals surface area contributed by atoms with E-state index in [0.29, 0.717) is 13.0 Å². The maximum atomic E-state index is 12.5. The molecule has 1 rings (SSSR count). The summed E-state index contributed by atoms with van der Waals surface area (Å²) in [5, 5.41) is 5.66. The van der Waals surface area contributed by atoms with Gasteiger partial charge in [-0.05, 0) is 13.8 Å². The highest BCUT2D eigenvalue weighted by atomic mass is 19.3. The molecule has 7 heteroatoms. The molecule has 0 saturated carbocycles. The van der Waals surface area contributed by atoms with Gasteiger partial charge >= 0.3 is 6.55 Å². The first-order chi connectivity index (χ1) is 8.50. The minimum Gasteiger partial charge on any atom is -0.354 e. The molecule has 0 saturated heterocycles. The molecule has 0 unspecified atom stereocenters. The molecule has 0 atom stereocenters. The van der Waals surface area contributed by atoms with E-state index in [2.05, 4.69) is 15.6 Å². The number of carbonyl (C=O) groups is 1. The molecule has 0 radical (unpaired) electrons. The zero-order valence-electron chi connectivity index (χ0n) is 10.5. The first-order valence-electron chi connectivity index (χ1n) is 5.80. The van der Waals surface area contributed by atoms with Crippen LogP contribution in [0, 0.1) is 0 Å². The normalized spacial score (nSPS) is 11.2. The van der Waals surface area contributed by atoms with Crippen LogP contribution in [0.5, 0.6) is 0 Å². The third kappa shape index (κ3) is 4.79. The van der Waals surface area contributed by atoms with Gasteiger partial charge in [0.1, 0.15) is 5.82 Å². The standard InChI is InChI=1S/C11H18F2N4O/c1-8(2)16-10(18)3-4-14-7-9-15-5-6-17(9)11(12)13/h5-6,8,11,14H,3-4,7H2,1-2H3,(H,16,18). The molecule has 0 aromatic carbocycles. The van der Waals surface area contributed by atoms with Gasteiger partial charge in [-0.1, -0.05) is 0 Å². The van der Waals surface area contributed by atoms with Crippen LogP contribution < -0.4 is 10.6 Å². The van der Waals surface area contributed by atoms with Crippen molar-refractivity contribution in [1.29, 1.82) is 0 Å². The number of halogens is 2. The van der Waals surface area contributed by atoms with Crippen LogP contribution in [0.15, 0.2) is 12.4 Å². The second-order valence-electron chi connectivity index (χ2n) is 4.18. The van der Waals surface area contributed by atoms with Crippen LogP contribution >= 0.6 is 0 Å². The molecule has 0 fully saturated rings. The lowest BCUT2D eigenvalue weighted by Crippen LogP contribution is -2.32. The number of nitrogens with one attached hydrogen (secondary N) is 2. The van der Waals surface area contributed by atoms with E-state index in [0.717, 1.165) is 4.57 Å². The van der Waals surface area contributed by atoms with Crippen LogP contribution in [0.3, 0.4) is 0 Å². The van der Waals surface area contributed by atoms with E-state index in [1.54, 1.807) is 0 Å². The number of amides is 1. The van der Waals surface area contributed by atoms with E-state index in [-0.39, 0.29) is 24.3 Å². The molecule has 0 bridgehead atoms. The molecule has 5 nitrogen and oxygen atoms in total. The predicted octanol–water partition coefficient (Wildman–Crippen LogP) is 1.28. The second-order valence-corrected chi connectivity index (χ2v) is 4.18. The van der Waals surface area contributed by atoms with E-state index < -0.39 is 6.55 Å². The van der Waals surface area contributed by atoms with Crippen LogP contribution in [-0.4, -0.2) is 28.0 Å². The highest BCUT2D eigenvalue weighted by Crippen LogP contribution is 2.11. The largest absolute Gasteiger partial charge is 0.354 e. The third-order valence-electron chi connectivity index (χ3n) is 2.22. The molecular weight excluding hydrogens is 242 g/mol. The van der Waals surface area contributed by atoms with Gasteiger partial charge in [0.15, 0.2) is 0 Å². The summed E-state index contributed by atoms with van der Waals surface area (Å²) < 4.78 is 25.7. The van der Waals surface area contributed by atoms with Gasteiger partial charge in [0.25, 0.3) is 0 Å². The second kappa shape index (κ2) is 7.05. The molecule has 2 N–H and O–H groups in total. The molecular formula is C11H18F2N4O. The Labute approximate surface area is 105 Å². The summed E-state index contributed by atoms with van der Waals surface area (Å²) in [6.45, 7) is 1.81. The van der Waals surface area contributed by atoms with Gasteiger partial charge in [0.2, 0.25) is 5.91 Å². The van der Waals surface area contributed by atoms with Crippen molar-refractivity contribution in [2.75, 3.05) is 6.54 Å². The molecule has 1 aromatic rings. The quantitative estimate of drug-likeness (QED) is 0.726. The summed E-state index contributed by atoms with van der Waals surface area (Å²) in [5.74, 6) is 0.198. The summed E-state index contributed by atoms with van der Waals surface area (Å²) in [4.78, 5) is 15.1. The summed E-state index contributed by atoms with van der Waals surface area (Å²) in [5.41, 5.74) is 0. The topological polar surface area (TPSA) is 59.0 Å². The monoisotopic (exact) mass is 260 g/mol. The Balaban J connectivity index is 2.25. The highest BCUT2D eigenvalue weighted by molar-refractivity contribution is 5.76. The van der Waals surface area contributed by atoms with Crippen molar-refractivity contribution in [3.8, 4) is 0 Å². The molecule has 1 heterocycles. The van der Waals surface area contributed by atoms with E-state index in [1.165, 1.54) is 12.4 Å². The first kappa shape index (κ1) is 14.6. The zero-order chi connectivity index (χ0) is 13.5. The number of rotatable bonds is 7. The van der Waals surface area contributed by atoms with Crippen LogP contribution in [0.4, 0.5) is 8.78 Å². The fourth-order valence-corrected chi connectivity index (χ4v) is 1.45. The summed E-state index contributed by atoms with van der Waals surface area (Å²) in [7, 11) is 0. The van der Waals surface area contributed by atoms with E-state index in [4.69, 9.17) is 0 Å². The van der Waals surface area contributed by atoms with Crippen molar-refractivity contribution in [3.63, 3.8) is 0 Å². The predicted molar refractivity (Wildman–Crippen MR) is 63.1 cm³/mol. The number of alkyl halides is 2. The smallest absolute Gasteiger partial charge is 0.319 e. The Bertz CT molecular complexity index is 379. The van der Waals surface area contributed by atoms with Crippen molar-refractivity contribution in [2.24, 2.45) is 0 Å². The van der Waals surface area contributed by atoms with Gasteiger partial charge in [-0.3, -0.25) is 9.36 Å². The van der Waals surface area contributed by atoms with Crippen molar-refractivity contribution in [3.05, 3.63) is 18.2 Å². The van der Waals surface area contributed by atoms with Crippen LogP contribution in [0.25, 0.3) is 0 Å². The molecule has 1 aromatic heterocycles. The number of hydrogen-bond acceptors (Lipinski definition) is 3. The van der Waals surface area contributed by atoms with E-state index >= 15 is 0 Å². The molecule has 18 heavy (non-hydrogen) atoms. The number of imidazole rings is 1. The molecule has 102 valence electrons. The van der Waals surface area contributed by atoms with Crippen molar-refractivity contribution in [2.45, 2.75) is 39.4 Å². The number of nitrogens with zero attached hydrogens (tertiary/aromatic N) is 2. The lowest BCUT2D eigenvalue weighted by atomic mass is 10.3. The van der Waals surface area contributed by atoms with E-state index in [9.17, 15) is 13.6 Å². The average Bonchev–Trinajstić information content (AvgIpc) is 2.71. The van der Waals surface area contributed by atoms with Crippen LogP contribution in [0.1, 0.15) is 32.6 Å². The van der Waals surface area contributed by atoms with Gasteiger partial charge in [-0.2, -0.15) is 8.78 Å². The minimum absolute atomic E-state index is 0.0605. The zero-order valence-corrected chi connectivity index (χ0v) is 10.5.